The Balaban J connectivity index is 2.12. The summed E-state index contributed by atoms with van der Waals surface area (Å²) in [6.07, 6.45) is 3.26. The molecule has 0 amide bonds. The molecule has 130 valence electrons. The highest BCUT2D eigenvalue weighted by Crippen LogP contribution is 2.21. The Labute approximate surface area is 143 Å². The molecule has 0 atom stereocenters. The second kappa shape index (κ2) is 9.40. The van der Waals surface area contributed by atoms with Crippen LogP contribution in [0.4, 0.5) is 0 Å². The van der Waals surface area contributed by atoms with Gasteiger partial charge in [-0.1, -0.05) is 36.8 Å². The molecule has 1 rings (SSSR count). The number of hydrogen-bond donors (Lipinski definition) is 0. The van der Waals surface area contributed by atoms with Crippen molar-refractivity contribution in [3.05, 3.63) is 35.9 Å². The van der Waals surface area contributed by atoms with Gasteiger partial charge in [0.25, 0.3) is 0 Å². The molecule has 0 spiro atoms. The van der Waals surface area contributed by atoms with Crippen LogP contribution in [0.25, 0.3) is 0 Å². The second-order valence-electron chi connectivity index (χ2n) is 7.64. The van der Waals surface area contributed by atoms with Crippen LogP contribution in [0, 0.1) is 0 Å². The van der Waals surface area contributed by atoms with Crippen molar-refractivity contribution in [3.8, 4) is 0 Å². The molecule has 1 aromatic rings. The topological polar surface area (TPSA) is 35.5 Å². The maximum absolute atomic E-state index is 11.8. The Kier molecular flexibility index (Phi) is 8.22. The van der Waals surface area contributed by atoms with E-state index in [1.165, 1.54) is 5.56 Å². The molecule has 0 aliphatic carbocycles. The lowest BCUT2D eigenvalue weighted by molar-refractivity contribution is -0.143. The molecule has 0 aromatic heterocycles. The third kappa shape index (κ3) is 10.5. The van der Waals surface area contributed by atoms with Crippen molar-refractivity contribution in [2.24, 2.45) is 0 Å². The van der Waals surface area contributed by atoms with Crippen molar-refractivity contribution in [1.29, 1.82) is 0 Å². The van der Waals surface area contributed by atoms with Gasteiger partial charge in [0, 0.05) is 12.8 Å². The molecule has 5 heteroatoms. The summed E-state index contributed by atoms with van der Waals surface area (Å²) in [6, 6.07) is 11.2. The van der Waals surface area contributed by atoms with Crippen molar-refractivity contribution in [2.45, 2.75) is 64.5 Å². The second-order valence-corrected chi connectivity index (χ2v) is 16.7. The Hall–Kier alpha value is -0.916. The molecule has 0 N–H and O–H groups in total. The summed E-state index contributed by atoms with van der Waals surface area (Å²) in [5, 5.41) is 0. The van der Waals surface area contributed by atoms with Gasteiger partial charge in [-0.15, -0.1) is 0 Å². The van der Waals surface area contributed by atoms with Gasteiger partial charge >= 0.3 is 5.97 Å². The molecule has 0 aliphatic rings. The van der Waals surface area contributed by atoms with Gasteiger partial charge in [0.1, 0.15) is 0 Å². The van der Waals surface area contributed by atoms with Gasteiger partial charge in [-0.2, -0.15) is 0 Å². The van der Waals surface area contributed by atoms with Crippen LogP contribution in [0.3, 0.4) is 0 Å². The fourth-order valence-corrected chi connectivity index (χ4v) is 10.8. The van der Waals surface area contributed by atoms with E-state index in [1.54, 1.807) is 0 Å². The summed E-state index contributed by atoms with van der Waals surface area (Å²) >= 11 is 0. The zero-order valence-electron chi connectivity index (χ0n) is 15.4. The summed E-state index contributed by atoms with van der Waals surface area (Å²) in [6.45, 7) is 11.8. The summed E-state index contributed by atoms with van der Waals surface area (Å²) in [7, 11) is -3.03. The van der Waals surface area contributed by atoms with Crippen LogP contribution in [0.1, 0.15) is 24.8 Å². The number of benzene rings is 1. The molecular weight excluding hydrogens is 320 g/mol. The smallest absolute Gasteiger partial charge is 0.305 e. The minimum Gasteiger partial charge on any atom is -0.465 e. The number of esters is 1. The van der Waals surface area contributed by atoms with Gasteiger partial charge in [0.15, 0.2) is 16.6 Å². The first-order valence-electron chi connectivity index (χ1n) is 8.58. The zero-order valence-corrected chi connectivity index (χ0v) is 17.4. The van der Waals surface area contributed by atoms with Crippen LogP contribution in [-0.2, 0) is 20.1 Å². The standard InChI is InChI=1S/C18H32O3Si2/c1-22(2,3)21-23(4,5)16-10-9-13-18(19)20-15-14-17-11-7-6-8-12-17/h6-8,11-12H,9-10,13-16H2,1-5H3. The van der Waals surface area contributed by atoms with Crippen molar-refractivity contribution in [1.82, 2.24) is 0 Å². The molecule has 0 bridgehead atoms. The van der Waals surface area contributed by atoms with Crippen LogP contribution in [-0.4, -0.2) is 29.2 Å². The van der Waals surface area contributed by atoms with Crippen molar-refractivity contribution in [2.75, 3.05) is 6.61 Å². The average Bonchev–Trinajstić information content (AvgIpc) is 2.42. The zero-order chi connectivity index (χ0) is 17.3. The van der Waals surface area contributed by atoms with E-state index in [9.17, 15) is 4.79 Å². The normalized spacial score (nSPS) is 12.2. The summed E-state index contributed by atoms with van der Waals surface area (Å²) in [5.74, 6) is -0.0773. The van der Waals surface area contributed by atoms with Gasteiger partial charge in [0.05, 0.1) is 6.61 Å². The highest BCUT2D eigenvalue weighted by Gasteiger charge is 2.28. The van der Waals surface area contributed by atoms with Crippen molar-refractivity contribution in [3.63, 3.8) is 0 Å². The van der Waals surface area contributed by atoms with Gasteiger partial charge in [-0.25, -0.2) is 0 Å². The fraction of sp³-hybridized carbons (Fsp3) is 0.611. The highest BCUT2D eigenvalue weighted by molar-refractivity contribution is 6.84. The molecule has 3 nitrogen and oxygen atoms in total. The van der Waals surface area contributed by atoms with E-state index in [4.69, 9.17) is 8.85 Å². The highest BCUT2D eigenvalue weighted by atomic mass is 28.4. The van der Waals surface area contributed by atoms with Gasteiger partial charge in [-0.05, 0) is 50.8 Å². The van der Waals surface area contributed by atoms with Crippen molar-refractivity contribution >= 4 is 22.6 Å². The van der Waals surface area contributed by atoms with E-state index in [2.05, 4.69) is 44.9 Å². The number of rotatable bonds is 10. The molecule has 0 saturated carbocycles. The molecule has 23 heavy (non-hydrogen) atoms. The largest absolute Gasteiger partial charge is 0.465 e. The predicted molar refractivity (Wildman–Crippen MR) is 102 cm³/mol. The number of carbonyl (C=O) groups excluding carboxylic acids is 1. The fourth-order valence-electron chi connectivity index (χ4n) is 2.70. The molecular formula is C18H32O3Si2. The van der Waals surface area contributed by atoms with E-state index in [1.807, 2.05) is 18.2 Å². The Morgan fingerprint density at radius 3 is 2.26 bits per heavy atom. The van der Waals surface area contributed by atoms with Crippen LogP contribution in [0.15, 0.2) is 30.3 Å². The Bertz CT molecular complexity index is 467. The molecule has 0 saturated heterocycles. The maximum Gasteiger partial charge on any atom is 0.305 e. The Morgan fingerprint density at radius 2 is 1.65 bits per heavy atom. The van der Waals surface area contributed by atoms with E-state index in [0.717, 1.165) is 25.3 Å². The third-order valence-corrected chi connectivity index (χ3v) is 9.71. The minimum absolute atomic E-state index is 0.0773. The third-order valence-electron chi connectivity index (χ3n) is 3.49. The average molecular weight is 353 g/mol. The van der Waals surface area contributed by atoms with Crippen LogP contribution >= 0.6 is 0 Å². The van der Waals surface area contributed by atoms with Gasteiger partial charge in [0.2, 0.25) is 0 Å². The first kappa shape index (κ1) is 20.1. The van der Waals surface area contributed by atoms with E-state index >= 15 is 0 Å². The first-order valence-corrected chi connectivity index (χ1v) is 15.1. The molecule has 0 heterocycles. The van der Waals surface area contributed by atoms with Crippen LogP contribution in [0.2, 0.25) is 38.8 Å². The molecule has 0 unspecified atom stereocenters. The Morgan fingerprint density at radius 1 is 1.00 bits per heavy atom. The summed E-state index contributed by atoms with van der Waals surface area (Å²) in [5.41, 5.74) is 1.21. The molecule has 0 aliphatic heterocycles. The predicted octanol–water partition coefficient (Wildman–Crippen LogP) is 5.00. The van der Waals surface area contributed by atoms with Crippen LogP contribution < -0.4 is 0 Å². The summed E-state index contributed by atoms with van der Waals surface area (Å²) < 4.78 is 11.6. The van der Waals surface area contributed by atoms with E-state index in [-0.39, 0.29) is 5.97 Å². The number of unbranched alkanes of at least 4 members (excludes halogenated alkanes) is 1. The lowest BCUT2D eigenvalue weighted by Gasteiger charge is -2.31. The molecule has 1 aromatic carbocycles. The van der Waals surface area contributed by atoms with E-state index < -0.39 is 16.6 Å². The lowest BCUT2D eigenvalue weighted by Crippen LogP contribution is -2.42. The first-order chi connectivity index (χ1) is 10.7. The molecule has 0 radical (unpaired) electrons. The molecule has 0 fully saturated rings. The monoisotopic (exact) mass is 352 g/mol. The number of ether oxygens (including phenoxy) is 1. The maximum atomic E-state index is 11.8. The number of carbonyl (C=O) groups is 1. The van der Waals surface area contributed by atoms with Gasteiger partial charge < -0.3 is 8.85 Å². The lowest BCUT2D eigenvalue weighted by atomic mass is 10.2. The van der Waals surface area contributed by atoms with Crippen molar-refractivity contribution < 1.29 is 13.6 Å². The quantitative estimate of drug-likeness (QED) is 0.338. The van der Waals surface area contributed by atoms with Gasteiger partial charge in [-0.3, -0.25) is 4.79 Å². The van der Waals surface area contributed by atoms with E-state index in [0.29, 0.717) is 13.0 Å². The minimum atomic E-state index is -1.57. The SMILES string of the molecule is C[Si](C)(C)O[Si](C)(C)CCCCC(=O)OCCc1ccccc1. The summed E-state index contributed by atoms with van der Waals surface area (Å²) in [4.78, 5) is 11.8. The number of hydrogen-bond acceptors (Lipinski definition) is 3. The van der Waals surface area contributed by atoms with Crippen LogP contribution in [0.5, 0.6) is 0 Å².